The second-order valence-corrected chi connectivity index (χ2v) is 5.82. The minimum absolute atomic E-state index is 0.128. The average molecular weight is 297 g/mol. The summed E-state index contributed by atoms with van der Waals surface area (Å²) in [4.78, 5) is 22.7. The Hall–Kier alpha value is -2.11. The minimum Gasteiger partial charge on any atom is -0.481 e. The van der Waals surface area contributed by atoms with E-state index in [-0.39, 0.29) is 5.56 Å². The lowest BCUT2D eigenvalue weighted by atomic mass is 10.0. The van der Waals surface area contributed by atoms with Crippen molar-refractivity contribution in [2.45, 2.75) is 45.8 Å². The number of carbonyl (C=O) groups is 2. The van der Waals surface area contributed by atoms with Gasteiger partial charge in [-0.05, 0) is 33.8 Å². The van der Waals surface area contributed by atoms with E-state index in [0.29, 0.717) is 0 Å². The van der Waals surface area contributed by atoms with Crippen LogP contribution in [0.15, 0.2) is 18.2 Å². The van der Waals surface area contributed by atoms with Gasteiger partial charge in [0.15, 0.2) is 0 Å². The molecule has 1 aromatic carbocycles. The van der Waals surface area contributed by atoms with Crippen LogP contribution in [0.2, 0.25) is 0 Å². The first-order valence-corrected chi connectivity index (χ1v) is 6.56. The maximum absolute atomic E-state index is 13.9. The van der Waals surface area contributed by atoms with Gasteiger partial charge in [-0.15, -0.1) is 0 Å². The van der Waals surface area contributed by atoms with Crippen molar-refractivity contribution in [3.05, 3.63) is 35.1 Å². The summed E-state index contributed by atoms with van der Waals surface area (Å²) in [5, 5.41) is 11.3. The van der Waals surface area contributed by atoms with Gasteiger partial charge in [0.25, 0.3) is 0 Å². The van der Waals surface area contributed by atoms with Gasteiger partial charge in [0.1, 0.15) is 11.4 Å². The number of carbonyl (C=O) groups excluding carboxylic acids is 1. The Labute approximate surface area is 123 Å². The first-order valence-electron chi connectivity index (χ1n) is 6.56. The fraction of sp³-hybridized carbons (Fsp3) is 0.467. The molecule has 0 aliphatic heterocycles. The molecule has 116 valence electrons. The number of benzene rings is 1. The lowest BCUT2D eigenvalue weighted by Crippen LogP contribution is -2.36. The minimum atomic E-state index is -1.14. The molecule has 5 nitrogen and oxygen atoms in total. The molecular formula is C15H20FNO4. The number of amides is 1. The zero-order valence-electron chi connectivity index (χ0n) is 12.6. The Kier molecular flexibility index (Phi) is 5.29. The van der Waals surface area contributed by atoms with Gasteiger partial charge in [-0.25, -0.2) is 9.18 Å². The van der Waals surface area contributed by atoms with Crippen molar-refractivity contribution in [1.29, 1.82) is 0 Å². The van der Waals surface area contributed by atoms with E-state index < -0.39 is 35.9 Å². The fourth-order valence-electron chi connectivity index (χ4n) is 1.79. The number of hydrogen-bond acceptors (Lipinski definition) is 3. The molecule has 0 aliphatic rings. The number of carboxylic acid groups (broad SMARTS) is 1. The lowest BCUT2D eigenvalue weighted by Gasteiger charge is -2.23. The van der Waals surface area contributed by atoms with Crippen molar-refractivity contribution >= 4 is 12.1 Å². The number of hydrogen-bond donors (Lipinski definition) is 2. The summed E-state index contributed by atoms with van der Waals surface area (Å²) >= 11 is 0. The average Bonchev–Trinajstić information content (AvgIpc) is 2.28. The number of nitrogens with one attached hydrogen (secondary N) is 1. The van der Waals surface area contributed by atoms with Crippen molar-refractivity contribution in [2.75, 3.05) is 0 Å². The van der Waals surface area contributed by atoms with Crippen LogP contribution in [0, 0.1) is 12.7 Å². The van der Waals surface area contributed by atoms with Gasteiger partial charge in [0.05, 0.1) is 12.5 Å². The van der Waals surface area contributed by atoms with Crippen molar-refractivity contribution in [3.63, 3.8) is 0 Å². The number of ether oxygens (including phenoxy) is 1. The normalized spacial score (nSPS) is 12.6. The summed E-state index contributed by atoms with van der Waals surface area (Å²) in [5.41, 5.74) is 0.180. The molecule has 0 fully saturated rings. The summed E-state index contributed by atoms with van der Waals surface area (Å²) in [6.07, 6.45) is -1.21. The van der Waals surface area contributed by atoms with E-state index in [1.54, 1.807) is 33.8 Å². The third-order valence-corrected chi connectivity index (χ3v) is 2.60. The second-order valence-electron chi connectivity index (χ2n) is 5.82. The molecule has 1 aromatic rings. The Morgan fingerprint density at radius 1 is 1.38 bits per heavy atom. The van der Waals surface area contributed by atoms with E-state index >= 15 is 0 Å². The molecular weight excluding hydrogens is 277 g/mol. The van der Waals surface area contributed by atoms with Crippen LogP contribution in [0.3, 0.4) is 0 Å². The summed E-state index contributed by atoms with van der Waals surface area (Å²) in [6, 6.07) is 3.35. The third kappa shape index (κ3) is 5.81. The highest BCUT2D eigenvalue weighted by Gasteiger charge is 2.24. The van der Waals surface area contributed by atoms with Crippen LogP contribution >= 0.6 is 0 Å². The Bertz CT molecular complexity index is 537. The Balaban J connectivity index is 2.98. The number of aryl methyl sites for hydroxylation is 1. The maximum Gasteiger partial charge on any atom is 0.408 e. The predicted octanol–water partition coefficient (Wildman–Crippen LogP) is 3.17. The highest BCUT2D eigenvalue weighted by atomic mass is 19.1. The van der Waals surface area contributed by atoms with Gasteiger partial charge in [-0.1, -0.05) is 17.7 Å². The monoisotopic (exact) mass is 297 g/mol. The van der Waals surface area contributed by atoms with E-state index in [1.165, 1.54) is 12.1 Å². The number of aliphatic carboxylic acids is 1. The van der Waals surface area contributed by atoms with Crippen LogP contribution in [0.5, 0.6) is 0 Å². The van der Waals surface area contributed by atoms with Gasteiger partial charge in [-0.3, -0.25) is 4.79 Å². The third-order valence-electron chi connectivity index (χ3n) is 2.60. The molecule has 1 rings (SSSR count). The van der Waals surface area contributed by atoms with Crippen molar-refractivity contribution in [3.8, 4) is 0 Å². The molecule has 0 heterocycles. The topological polar surface area (TPSA) is 75.6 Å². The Morgan fingerprint density at radius 2 is 2.00 bits per heavy atom. The number of alkyl carbamates (subject to hydrolysis) is 1. The fourth-order valence-corrected chi connectivity index (χ4v) is 1.79. The van der Waals surface area contributed by atoms with Gasteiger partial charge >= 0.3 is 12.1 Å². The van der Waals surface area contributed by atoms with Crippen molar-refractivity contribution < 1.29 is 23.8 Å². The lowest BCUT2D eigenvalue weighted by molar-refractivity contribution is -0.137. The first-order chi connectivity index (χ1) is 9.58. The molecule has 21 heavy (non-hydrogen) atoms. The van der Waals surface area contributed by atoms with Crippen LogP contribution in [-0.4, -0.2) is 22.8 Å². The quantitative estimate of drug-likeness (QED) is 0.895. The van der Waals surface area contributed by atoms with Gasteiger partial charge in [0.2, 0.25) is 0 Å². The summed E-state index contributed by atoms with van der Waals surface area (Å²) in [6.45, 7) is 6.82. The van der Waals surface area contributed by atoms with Crippen LogP contribution in [0.1, 0.15) is 44.4 Å². The molecule has 0 radical (unpaired) electrons. The van der Waals surface area contributed by atoms with E-state index in [9.17, 15) is 14.0 Å². The molecule has 0 saturated heterocycles. The molecule has 0 aliphatic carbocycles. The highest BCUT2D eigenvalue weighted by molar-refractivity contribution is 5.72. The molecule has 1 atom stereocenters. The van der Waals surface area contributed by atoms with Crippen LogP contribution in [0.25, 0.3) is 0 Å². The van der Waals surface area contributed by atoms with Crippen molar-refractivity contribution in [1.82, 2.24) is 5.32 Å². The molecule has 0 aromatic heterocycles. The maximum atomic E-state index is 13.9. The largest absolute Gasteiger partial charge is 0.481 e. The smallest absolute Gasteiger partial charge is 0.408 e. The van der Waals surface area contributed by atoms with Crippen molar-refractivity contribution in [2.24, 2.45) is 0 Å². The Morgan fingerprint density at radius 3 is 2.52 bits per heavy atom. The molecule has 0 spiro atoms. The molecule has 0 bridgehead atoms. The SMILES string of the molecule is Cc1ccc(F)c(C(CC(=O)O)NC(=O)OC(C)(C)C)c1. The number of halogens is 1. The van der Waals surface area contributed by atoms with E-state index in [2.05, 4.69) is 5.32 Å². The van der Waals surface area contributed by atoms with Gasteiger partial charge in [0, 0.05) is 5.56 Å². The zero-order valence-corrected chi connectivity index (χ0v) is 12.6. The second kappa shape index (κ2) is 6.56. The highest BCUT2D eigenvalue weighted by Crippen LogP contribution is 2.22. The summed E-state index contributed by atoms with van der Waals surface area (Å²) < 4.78 is 18.9. The van der Waals surface area contributed by atoms with Gasteiger partial charge < -0.3 is 15.2 Å². The van der Waals surface area contributed by atoms with Crippen LogP contribution in [0.4, 0.5) is 9.18 Å². The van der Waals surface area contributed by atoms with E-state index in [0.717, 1.165) is 5.56 Å². The summed E-state index contributed by atoms with van der Waals surface area (Å²) in [7, 11) is 0. The number of rotatable bonds is 4. The van der Waals surface area contributed by atoms with E-state index in [4.69, 9.17) is 9.84 Å². The van der Waals surface area contributed by atoms with Crippen LogP contribution in [-0.2, 0) is 9.53 Å². The molecule has 1 amide bonds. The first kappa shape index (κ1) is 16.9. The standard InChI is InChI=1S/C15H20FNO4/c1-9-5-6-11(16)10(7-9)12(8-13(18)19)17-14(20)21-15(2,3)4/h5-7,12H,8H2,1-4H3,(H,17,20)(H,18,19). The molecule has 1 unspecified atom stereocenters. The predicted molar refractivity (Wildman–Crippen MR) is 75.5 cm³/mol. The zero-order chi connectivity index (χ0) is 16.2. The molecule has 0 saturated carbocycles. The number of carboxylic acids is 1. The van der Waals surface area contributed by atoms with Gasteiger partial charge in [-0.2, -0.15) is 0 Å². The van der Waals surface area contributed by atoms with Crippen LogP contribution < -0.4 is 5.32 Å². The molecule has 6 heteroatoms. The van der Waals surface area contributed by atoms with E-state index in [1.807, 2.05) is 0 Å². The molecule has 2 N–H and O–H groups in total. The summed E-state index contributed by atoms with van der Waals surface area (Å²) in [5.74, 6) is -1.71.